The number of nitrogens with zero attached hydrogens (tertiary/aromatic N) is 4. The van der Waals surface area contributed by atoms with Crippen molar-refractivity contribution < 1.29 is 14.0 Å². The van der Waals surface area contributed by atoms with E-state index >= 15 is 0 Å². The van der Waals surface area contributed by atoms with E-state index in [-0.39, 0.29) is 12.4 Å². The molecule has 0 N–H and O–H groups in total. The van der Waals surface area contributed by atoms with Gasteiger partial charge in [-0.25, -0.2) is 4.68 Å². The number of aromatic nitrogens is 4. The molecular weight excluding hydrogens is 452 g/mol. The Morgan fingerprint density at radius 3 is 2.63 bits per heavy atom. The molecule has 8 nitrogen and oxygen atoms in total. The third kappa shape index (κ3) is 3.71. The average molecular weight is 467 g/mol. The van der Waals surface area contributed by atoms with Gasteiger partial charge in [0.25, 0.3) is 5.56 Å². The van der Waals surface area contributed by atoms with Crippen LogP contribution >= 0.6 is 15.9 Å². The van der Waals surface area contributed by atoms with E-state index in [9.17, 15) is 4.79 Å². The molecule has 1 aliphatic heterocycles. The molecule has 0 spiro atoms. The van der Waals surface area contributed by atoms with Crippen molar-refractivity contribution in [1.29, 1.82) is 0 Å². The van der Waals surface area contributed by atoms with Gasteiger partial charge >= 0.3 is 0 Å². The highest BCUT2D eigenvalue weighted by atomic mass is 79.9. The van der Waals surface area contributed by atoms with Gasteiger partial charge < -0.3 is 14.0 Å². The molecule has 2 aromatic heterocycles. The molecule has 9 heteroatoms. The molecular formula is C21H15BrN4O4. The van der Waals surface area contributed by atoms with Crippen LogP contribution in [0.15, 0.2) is 68.4 Å². The third-order valence-electron chi connectivity index (χ3n) is 4.64. The number of ether oxygens (including phenoxy) is 2. The summed E-state index contributed by atoms with van der Waals surface area (Å²) in [6, 6.07) is 16.4. The van der Waals surface area contributed by atoms with Crippen LogP contribution in [0.1, 0.15) is 5.89 Å². The smallest absolute Gasteiger partial charge is 0.266 e. The summed E-state index contributed by atoms with van der Waals surface area (Å²) in [4.78, 5) is 16.7. The highest BCUT2D eigenvalue weighted by Crippen LogP contribution is 2.35. The average Bonchev–Trinajstić information content (AvgIpc) is 3.43. The highest BCUT2D eigenvalue weighted by molar-refractivity contribution is 9.10. The van der Waals surface area contributed by atoms with Gasteiger partial charge in [0.15, 0.2) is 11.5 Å². The van der Waals surface area contributed by atoms with Crippen molar-refractivity contribution in [3.63, 3.8) is 0 Å². The fraction of sp³-hybridized carbons (Fsp3) is 0.143. The quantitative estimate of drug-likeness (QED) is 0.442. The molecule has 0 saturated heterocycles. The van der Waals surface area contributed by atoms with Crippen LogP contribution in [0, 0.1) is 0 Å². The van der Waals surface area contributed by atoms with Crippen LogP contribution in [-0.2, 0) is 13.0 Å². The fourth-order valence-corrected chi connectivity index (χ4v) is 3.36. The minimum absolute atomic E-state index is 0.202. The molecule has 150 valence electrons. The minimum atomic E-state index is -0.202. The number of hydrogen-bond donors (Lipinski definition) is 0. The first kappa shape index (κ1) is 18.6. The first-order chi connectivity index (χ1) is 14.7. The summed E-state index contributed by atoms with van der Waals surface area (Å²) in [7, 11) is 0. The molecule has 0 saturated carbocycles. The maximum atomic E-state index is 12.3. The Labute approximate surface area is 179 Å². The zero-order valence-electron chi connectivity index (χ0n) is 15.6. The van der Waals surface area contributed by atoms with Gasteiger partial charge in [-0.3, -0.25) is 4.79 Å². The molecule has 2 aromatic carbocycles. The second kappa shape index (κ2) is 7.75. The van der Waals surface area contributed by atoms with E-state index in [1.807, 2.05) is 42.5 Å². The number of benzene rings is 2. The van der Waals surface area contributed by atoms with E-state index in [4.69, 9.17) is 14.0 Å². The minimum Gasteiger partial charge on any atom is -0.454 e. The Morgan fingerprint density at radius 2 is 1.77 bits per heavy atom. The first-order valence-corrected chi connectivity index (χ1v) is 10.0. The summed E-state index contributed by atoms with van der Waals surface area (Å²) in [6.07, 6.45) is 0.390. The summed E-state index contributed by atoms with van der Waals surface area (Å²) >= 11 is 3.40. The number of rotatable bonds is 5. The van der Waals surface area contributed by atoms with E-state index in [0.717, 1.165) is 15.6 Å². The van der Waals surface area contributed by atoms with Gasteiger partial charge in [-0.2, -0.15) is 10.1 Å². The largest absolute Gasteiger partial charge is 0.454 e. The van der Waals surface area contributed by atoms with E-state index in [0.29, 0.717) is 41.9 Å². The van der Waals surface area contributed by atoms with Crippen LogP contribution in [-0.4, -0.2) is 26.7 Å². The van der Waals surface area contributed by atoms with Crippen LogP contribution in [0.5, 0.6) is 11.5 Å². The highest BCUT2D eigenvalue weighted by Gasteiger charge is 2.15. The van der Waals surface area contributed by atoms with Crippen molar-refractivity contribution in [1.82, 2.24) is 19.9 Å². The van der Waals surface area contributed by atoms with Crippen molar-refractivity contribution in [2.75, 3.05) is 6.79 Å². The predicted molar refractivity (Wildman–Crippen MR) is 111 cm³/mol. The van der Waals surface area contributed by atoms with Gasteiger partial charge in [-0.05, 0) is 48.5 Å². The molecule has 4 aromatic rings. The Bertz CT molecular complexity index is 1270. The number of hydrogen-bond acceptors (Lipinski definition) is 7. The van der Waals surface area contributed by atoms with Crippen LogP contribution < -0.4 is 15.0 Å². The van der Waals surface area contributed by atoms with Crippen LogP contribution in [0.25, 0.3) is 22.6 Å². The molecule has 0 unspecified atom stereocenters. The Kier molecular flexibility index (Phi) is 4.80. The zero-order chi connectivity index (χ0) is 20.5. The number of fused-ring (bicyclic) bond motifs is 1. The van der Waals surface area contributed by atoms with Gasteiger partial charge in [0, 0.05) is 28.1 Å². The van der Waals surface area contributed by atoms with Gasteiger partial charge in [-0.15, -0.1) is 0 Å². The van der Waals surface area contributed by atoms with Gasteiger partial charge in [-0.1, -0.05) is 21.1 Å². The van der Waals surface area contributed by atoms with Crippen molar-refractivity contribution in [3.05, 3.63) is 75.3 Å². The Hall–Kier alpha value is -3.46. The lowest BCUT2D eigenvalue weighted by Crippen LogP contribution is -2.23. The maximum Gasteiger partial charge on any atom is 0.266 e. The molecule has 0 bridgehead atoms. The van der Waals surface area contributed by atoms with Crippen molar-refractivity contribution in [2.45, 2.75) is 13.0 Å². The second-order valence-electron chi connectivity index (χ2n) is 6.62. The Morgan fingerprint density at radius 1 is 0.967 bits per heavy atom. The van der Waals surface area contributed by atoms with Crippen molar-refractivity contribution in [3.8, 4) is 34.1 Å². The molecule has 0 fully saturated rings. The van der Waals surface area contributed by atoms with Crippen LogP contribution in [0.2, 0.25) is 0 Å². The van der Waals surface area contributed by atoms with Gasteiger partial charge in [0.05, 0.1) is 12.2 Å². The van der Waals surface area contributed by atoms with Crippen LogP contribution in [0.4, 0.5) is 0 Å². The summed E-state index contributed by atoms with van der Waals surface area (Å²) in [5, 5.41) is 8.48. The molecule has 30 heavy (non-hydrogen) atoms. The molecule has 0 radical (unpaired) electrons. The summed E-state index contributed by atoms with van der Waals surface area (Å²) in [6.45, 7) is 0.525. The molecule has 0 atom stereocenters. The van der Waals surface area contributed by atoms with E-state index in [1.165, 1.54) is 10.7 Å². The van der Waals surface area contributed by atoms with Gasteiger partial charge in [0.1, 0.15) is 0 Å². The van der Waals surface area contributed by atoms with Gasteiger partial charge in [0.2, 0.25) is 18.5 Å². The standard InChI is InChI=1S/C21H15BrN4O4/c22-15-4-1-13(2-5-15)21-23-19(30-25-21)9-10-26-20(27)8-6-16(24-26)14-3-7-17-18(11-14)29-12-28-17/h1-8,11H,9-10,12H2. The zero-order valence-corrected chi connectivity index (χ0v) is 17.2. The van der Waals surface area contributed by atoms with Crippen molar-refractivity contribution >= 4 is 15.9 Å². The summed E-state index contributed by atoms with van der Waals surface area (Å²) < 4.78 is 18.4. The molecule has 1 aliphatic rings. The first-order valence-electron chi connectivity index (χ1n) is 9.22. The fourth-order valence-electron chi connectivity index (χ4n) is 3.09. The lowest BCUT2D eigenvalue weighted by atomic mass is 10.1. The summed E-state index contributed by atoms with van der Waals surface area (Å²) in [5.74, 6) is 2.31. The van der Waals surface area contributed by atoms with E-state index < -0.39 is 0 Å². The Balaban J connectivity index is 1.34. The normalized spacial score (nSPS) is 12.3. The topological polar surface area (TPSA) is 92.3 Å². The molecule has 3 heterocycles. The molecule has 0 aliphatic carbocycles. The lowest BCUT2D eigenvalue weighted by molar-refractivity contribution is 0.174. The second-order valence-corrected chi connectivity index (χ2v) is 7.53. The number of halogens is 1. The monoisotopic (exact) mass is 466 g/mol. The molecule has 0 amide bonds. The summed E-state index contributed by atoms with van der Waals surface area (Å²) in [5.41, 5.74) is 2.15. The van der Waals surface area contributed by atoms with Crippen LogP contribution in [0.3, 0.4) is 0 Å². The van der Waals surface area contributed by atoms with Crippen molar-refractivity contribution in [2.24, 2.45) is 0 Å². The maximum absolute atomic E-state index is 12.3. The third-order valence-corrected chi connectivity index (χ3v) is 5.17. The van der Waals surface area contributed by atoms with E-state index in [2.05, 4.69) is 31.2 Å². The molecule has 5 rings (SSSR count). The van der Waals surface area contributed by atoms with E-state index in [1.54, 1.807) is 6.07 Å². The number of aryl methyl sites for hydroxylation is 2. The predicted octanol–water partition coefficient (Wildman–Crippen LogP) is 3.69. The SMILES string of the molecule is O=c1ccc(-c2ccc3c(c2)OCO3)nn1CCc1nc(-c2ccc(Br)cc2)no1. The lowest BCUT2D eigenvalue weighted by Gasteiger charge is -2.06.